The molecule has 0 amide bonds. The molecular formula is C14H24BNO3. The molecule has 19 heavy (non-hydrogen) atoms. The van der Waals surface area contributed by atoms with Crippen molar-refractivity contribution in [2.45, 2.75) is 20.3 Å². The highest BCUT2D eigenvalue weighted by molar-refractivity contribution is 6.58. The number of ether oxygens (including phenoxy) is 1. The molecule has 0 unspecified atom stereocenters. The largest absolute Gasteiger partial charge is 0.492 e. The molecule has 0 atom stereocenters. The summed E-state index contributed by atoms with van der Waals surface area (Å²) < 4.78 is 5.61. The molecule has 1 aromatic rings. The van der Waals surface area contributed by atoms with E-state index < -0.39 is 7.12 Å². The predicted molar refractivity (Wildman–Crippen MR) is 78.7 cm³/mol. The van der Waals surface area contributed by atoms with Gasteiger partial charge in [-0.1, -0.05) is 26.0 Å². The van der Waals surface area contributed by atoms with Crippen LogP contribution in [0.1, 0.15) is 20.3 Å². The molecule has 1 aromatic carbocycles. The molecule has 0 fully saturated rings. The molecule has 0 heterocycles. The molecule has 2 N–H and O–H groups in total. The van der Waals surface area contributed by atoms with Crippen LogP contribution in [0.5, 0.6) is 5.75 Å². The lowest BCUT2D eigenvalue weighted by Crippen LogP contribution is -2.29. The van der Waals surface area contributed by atoms with Crippen molar-refractivity contribution < 1.29 is 14.8 Å². The van der Waals surface area contributed by atoms with Gasteiger partial charge in [-0.3, -0.25) is 0 Å². The van der Waals surface area contributed by atoms with Crippen molar-refractivity contribution in [1.82, 2.24) is 4.90 Å². The Balaban J connectivity index is 2.25. The van der Waals surface area contributed by atoms with Gasteiger partial charge in [0.15, 0.2) is 0 Å². The quantitative estimate of drug-likeness (QED) is 0.680. The van der Waals surface area contributed by atoms with Crippen molar-refractivity contribution >= 4 is 12.6 Å². The molecule has 0 spiro atoms. The minimum absolute atomic E-state index is 0.474. The lowest BCUT2D eigenvalue weighted by Gasteiger charge is -2.18. The van der Waals surface area contributed by atoms with Gasteiger partial charge in [-0.15, -0.1) is 0 Å². The van der Waals surface area contributed by atoms with E-state index in [4.69, 9.17) is 14.8 Å². The van der Waals surface area contributed by atoms with Crippen molar-refractivity contribution in [2.24, 2.45) is 5.92 Å². The van der Waals surface area contributed by atoms with Crippen molar-refractivity contribution in [1.29, 1.82) is 0 Å². The molecule has 0 aromatic heterocycles. The summed E-state index contributed by atoms with van der Waals surface area (Å²) in [5, 5.41) is 18.0. The van der Waals surface area contributed by atoms with Crippen LogP contribution in [0.4, 0.5) is 0 Å². The highest BCUT2D eigenvalue weighted by Crippen LogP contribution is 2.07. The first-order valence-corrected chi connectivity index (χ1v) is 6.76. The summed E-state index contributed by atoms with van der Waals surface area (Å²) in [4.78, 5) is 2.26. The van der Waals surface area contributed by atoms with E-state index in [1.54, 1.807) is 24.3 Å². The summed E-state index contributed by atoms with van der Waals surface area (Å²) in [5.74, 6) is 1.47. The molecule has 0 saturated carbocycles. The Morgan fingerprint density at radius 1 is 1.16 bits per heavy atom. The maximum atomic E-state index is 8.98. The highest BCUT2D eigenvalue weighted by Gasteiger charge is 2.09. The lowest BCUT2D eigenvalue weighted by molar-refractivity contribution is 0.230. The Hall–Kier alpha value is -1.04. The Labute approximate surface area is 116 Å². The highest BCUT2D eigenvalue weighted by atomic mass is 16.5. The lowest BCUT2D eigenvalue weighted by atomic mass is 9.80. The number of benzene rings is 1. The van der Waals surface area contributed by atoms with Gasteiger partial charge in [-0.25, -0.2) is 0 Å². The first-order chi connectivity index (χ1) is 8.99. The van der Waals surface area contributed by atoms with Crippen LogP contribution >= 0.6 is 0 Å². The van der Waals surface area contributed by atoms with Crippen LogP contribution in [0, 0.1) is 5.92 Å². The fourth-order valence-electron chi connectivity index (χ4n) is 1.65. The second kappa shape index (κ2) is 8.20. The Kier molecular flexibility index (Phi) is 6.91. The number of rotatable bonds is 8. The third kappa shape index (κ3) is 6.62. The third-order valence-electron chi connectivity index (χ3n) is 3.01. The van der Waals surface area contributed by atoms with Gasteiger partial charge in [0.25, 0.3) is 0 Å². The Bertz CT molecular complexity index is 354. The third-order valence-corrected chi connectivity index (χ3v) is 3.01. The fourth-order valence-corrected chi connectivity index (χ4v) is 1.65. The van der Waals surface area contributed by atoms with E-state index >= 15 is 0 Å². The zero-order chi connectivity index (χ0) is 14.3. The summed E-state index contributed by atoms with van der Waals surface area (Å²) in [5.41, 5.74) is 0.474. The van der Waals surface area contributed by atoms with E-state index in [2.05, 4.69) is 25.8 Å². The van der Waals surface area contributed by atoms with Crippen molar-refractivity contribution in [3.05, 3.63) is 24.3 Å². The van der Waals surface area contributed by atoms with E-state index in [9.17, 15) is 0 Å². The summed E-state index contributed by atoms with van der Waals surface area (Å²) in [6, 6.07) is 6.82. The normalized spacial score (nSPS) is 11.1. The SMILES string of the molecule is CC(C)CCN(C)CCOc1ccc(B(O)O)cc1. The van der Waals surface area contributed by atoms with Gasteiger partial charge in [0.2, 0.25) is 0 Å². The average Bonchev–Trinajstić information content (AvgIpc) is 2.37. The Morgan fingerprint density at radius 2 is 1.79 bits per heavy atom. The molecule has 0 aliphatic carbocycles. The molecule has 1 rings (SSSR count). The predicted octanol–water partition coefficient (Wildman–Crippen LogP) is 0.723. The van der Waals surface area contributed by atoms with E-state index in [0.717, 1.165) is 24.8 Å². The summed E-state index contributed by atoms with van der Waals surface area (Å²) in [6.07, 6.45) is 1.19. The minimum atomic E-state index is -1.42. The van der Waals surface area contributed by atoms with Gasteiger partial charge in [-0.05, 0) is 43.5 Å². The van der Waals surface area contributed by atoms with Crippen LogP contribution in [0.15, 0.2) is 24.3 Å². The van der Waals surface area contributed by atoms with E-state index in [1.165, 1.54) is 6.42 Å². The zero-order valence-electron chi connectivity index (χ0n) is 12.0. The van der Waals surface area contributed by atoms with Gasteiger partial charge in [0, 0.05) is 6.54 Å². The number of likely N-dealkylation sites (N-methyl/N-ethyl adjacent to an activating group) is 1. The molecule has 5 heteroatoms. The van der Waals surface area contributed by atoms with Crippen LogP contribution < -0.4 is 10.2 Å². The summed E-state index contributed by atoms with van der Waals surface area (Å²) in [7, 11) is 0.674. The molecule has 0 saturated heterocycles. The standard InChI is InChI=1S/C14H24BNO3/c1-12(2)8-9-16(3)10-11-19-14-6-4-13(5-7-14)15(17)18/h4-7,12,17-18H,8-11H2,1-3H3. The summed E-state index contributed by atoms with van der Waals surface area (Å²) >= 11 is 0. The number of hydrogen-bond donors (Lipinski definition) is 2. The van der Waals surface area contributed by atoms with Gasteiger partial charge >= 0.3 is 7.12 Å². The first kappa shape index (κ1) is 16.0. The first-order valence-electron chi connectivity index (χ1n) is 6.76. The molecule has 106 valence electrons. The molecular weight excluding hydrogens is 241 g/mol. The van der Waals surface area contributed by atoms with Crippen molar-refractivity contribution in [3.8, 4) is 5.75 Å². The minimum Gasteiger partial charge on any atom is -0.492 e. The molecule has 0 aliphatic heterocycles. The monoisotopic (exact) mass is 265 g/mol. The topological polar surface area (TPSA) is 52.9 Å². The molecule has 0 bridgehead atoms. The van der Waals surface area contributed by atoms with E-state index in [-0.39, 0.29) is 0 Å². The fraction of sp³-hybridized carbons (Fsp3) is 0.571. The van der Waals surface area contributed by atoms with Gasteiger partial charge in [-0.2, -0.15) is 0 Å². The number of hydrogen-bond acceptors (Lipinski definition) is 4. The number of nitrogens with zero attached hydrogens (tertiary/aromatic N) is 1. The molecule has 4 nitrogen and oxygen atoms in total. The van der Waals surface area contributed by atoms with Crippen LogP contribution in [0.2, 0.25) is 0 Å². The van der Waals surface area contributed by atoms with Crippen LogP contribution in [0.25, 0.3) is 0 Å². The Morgan fingerprint density at radius 3 is 2.32 bits per heavy atom. The van der Waals surface area contributed by atoms with E-state index in [0.29, 0.717) is 12.1 Å². The van der Waals surface area contributed by atoms with Crippen LogP contribution in [-0.2, 0) is 0 Å². The van der Waals surface area contributed by atoms with Crippen LogP contribution in [0.3, 0.4) is 0 Å². The van der Waals surface area contributed by atoms with Crippen molar-refractivity contribution in [3.63, 3.8) is 0 Å². The van der Waals surface area contributed by atoms with E-state index in [1.807, 2.05) is 0 Å². The van der Waals surface area contributed by atoms with Crippen LogP contribution in [-0.4, -0.2) is 48.8 Å². The molecule has 0 radical (unpaired) electrons. The zero-order valence-corrected chi connectivity index (χ0v) is 12.0. The maximum Gasteiger partial charge on any atom is 0.488 e. The average molecular weight is 265 g/mol. The smallest absolute Gasteiger partial charge is 0.488 e. The maximum absolute atomic E-state index is 8.98. The second-order valence-electron chi connectivity index (χ2n) is 5.28. The second-order valence-corrected chi connectivity index (χ2v) is 5.28. The van der Waals surface area contributed by atoms with Gasteiger partial charge in [0.1, 0.15) is 12.4 Å². The summed E-state index contributed by atoms with van der Waals surface area (Å²) in [6.45, 7) is 7.05. The van der Waals surface area contributed by atoms with Gasteiger partial charge < -0.3 is 19.7 Å². The van der Waals surface area contributed by atoms with Gasteiger partial charge in [0.05, 0.1) is 0 Å². The van der Waals surface area contributed by atoms with Crippen molar-refractivity contribution in [2.75, 3.05) is 26.7 Å². The molecule has 0 aliphatic rings.